The van der Waals surface area contributed by atoms with Crippen molar-refractivity contribution in [2.45, 2.75) is 84.0 Å². The largest absolute Gasteiger partial charge is 0.383 e. The van der Waals surface area contributed by atoms with Crippen LogP contribution in [0.2, 0.25) is 0 Å². The van der Waals surface area contributed by atoms with Crippen molar-refractivity contribution in [1.82, 2.24) is 15.2 Å². The Morgan fingerprint density at radius 1 is 0.787 bits per heavy atom. The molecule has 0 radical (unpaired) electrons. The minimum Gasteiger partial charge on any atom is -0.383 e. The van der Waals surface area contributed by atoms with Gasteiger partial charge in [-0.3, -0.25) is 24.1 Å². The molecule has 2 heterocycles. The summed E-state index contributed by atoms with van der Waals surface area (Å²) >= 11 is 0. The van der Waals surface area contributed by atoms with Crippen LogP contribution in [0.3, 0.4) is 0 Å². The van der Waals surface area contributed by atoms with Crippen molar-refractivity contribution >= 4 is 40.2 Å². The third kappa shape index (κ3) is 14.3. The molecule has 0 spiro atoms. The number of pyridine rings is 1. The van der Waals surface area contributed by atoms with Crippen molar-refractivity contribution in [3.63, 3.8) is 0 Å². The van der Waals surface area contributed by atoms with Crippen molar-refractivity contribution in [3.05, 3.63) is 47.5 Å². The Labute approximate surface area is 278 Å². The fourth-order valence-corrected chi connectivity index (χ4v) is 5.36. The Kier molecular flexibility index (Phi) is 17.7. The van der Waals surface area contributed by atoms with E-state index in [2.05, 4.69) is 35.4 Å². The van der Waals surface area contributed by atoms with Gasteiger partial charge in [0.05, 0.1) is 45.2 Å². The number of unbranched alkanes of at least 4 members (excludes halogenated alkanes) is 5. The molecular formula is C36H52N4O7. The van der Waals surface area contributed by atoms with Gasteiger partial charge in [0.25, 0.3) is 11.8 Å². The number of ketones is 1. The zero-order chi connectivity index (χ0) is 33.7. The molecule has 1 aliphatic rings. The van der Waals surface area contributed by atoms with Gasteiger partial charge in [0, 0.05) is 49.9 Å². The first kappa shape index (κ1) is 37.8. The van der Waals surface area contributed by atoms with Crippen LogP contribution in [0.4, 0.5) is 5.82 Å². The summed E-state index contributed by atoms with van der Waals surface area (Å²) in [5.41, 5.74) is 9.67. The summed E-state index contributed by atoms with van der Waals surface area (Å²) in [6, 6.07) is 8.53. The van der Waals surface area contributed by atoms with Crippen molar-refractivity contribution in [2.75, 3.05) is 58.5 Å². The van der Waals surface area contributed by atoms with Crippen LogP contribution in [0.25, 0.3) is 10.9 Å². The maximum atomic E-state index is 12.2. The van der Waals surface area contributed by atoms with Crippen LogP contribution in [0.15, 0.2) is 36.4 Å². The van der Waals surface area contributed by atoms with Gasteiger partial charge in [0.2, 0.25) is 5.91 Å². The van der Waals surface area contributed by atoms with Gasteiger partial charge in [-0.1, -0.05) is 44.7 Å². The number of amides is 3. The lowest BCUT2D eigenvalue weighted by molar-refractivity contribution is -0.137. The number of nitrogens with zero attached hydrogens (tertiary/aromatic N) is 2. The molecule has 258 valence electrons. The second-order valence-corrected chi connectivity index (χ2v) is 11.8. The van der Waals surface area contributed by atoms with Crippen LogP contribution in [-0.2, 0) is 46.2 Å². The molecular weight excluding hydrogens is 600 g/mol. The number of anilines is 1. The number of aryl methyl sites for hydroxylation is 2. The van der Waals surface area contributed by atoms with E-state index in [1.54, 1.807) is 0 Å². The van der Waals surface area contributed by atoms with Gasteiger partial charge in [0.15, 0.2) is 0 Å². The van der Waals surface area contributed by atoms with E-state index in [-0.39, 0.29) is 24.7 Å². The summed E-state index contributed by atoms with van der Waals surface area (Å²) in [4.78, 5) is 52.7. The molecule has 11 heteroatoms. The maximum Gasteiger partial charge on any atom is 0.253 e. The molecule has 0 unspecified atom stereocenters. The highest BCUT2D eigenvalue weighted by Gasteiger charge is 2.23. The monoisotopic (exact) mass is 652 g/mol. The summed E-state index contributed by atoms with van der Waals surface area (Å²) < 4.78 is 16.4. The highest BCUT2D eigenvalue weighted by Crippen LogP contribution is 2.25. The lowest BCUT2D eigenvalue weighted by atomic mass is 9.98. The number of aromatic nitrogens is 1. The van der Waals surface area contributed by atoms with E-state index < -0.39 is 11.8 Å². The second kappa shape index (κ2) is 22.0. The molecule has 47 heavy (non-hydrogen) atoms. The zero-order valence-electron chi connectivity index (χ0n) is 27.9. The van der Waals surface area contributed by atoms with E-state index >= 15 is 0 Å². The Morgan fingerprint density at radius 3 is 2.19 bits per heavy atom. The summed E-state index contributed by atoms with van der Waals surface area (Å²) in [5, 5.41) is 3.90. The molecule has 0 saturated heterocycles. The number of benzene rings is 1. The number of nitrogens with one attached hydrogen (secondary N) is 1. The number of carbonyl (C=O) groups is 4. The molecule has 0 fully saturated rings. The maximum absolute atomic E-state index is 12.2. The topological polar surface area (TPSA) is 150 Å². The Bertz CT molecular complexity index is 1310. The molecule has 2 aromatic rings. The molecule has 0 atom stereocenters. The molecule has 3 N–H and O–H groups in total. The van der Waals surface area contributed by atoms with Crippen LogP contribution in [0, 0.1) is 0 Å². The van der Waals surface area contributed by atoms with Gasteiger partial charge in [-0.15, -0.1) is 0 Å². The molecule has 0 aliphatic carbocycles. The normalized spacial score (nSPS) is 12.8. The molecule has 1 aliphatic heterocycles. The molecule has 3 rings (SSSR count). The summed E-state index contributed by atoms with van der Waals surface area (Å²) in [7, 11) is 0. The summed E-state index contributed by atoms with van der Waals surface area (Å²) in [6.45, 7) is 4.93. The van der Waals surface area contributed by atoms with Crippen LogP contribution < -0.4 is 11.1 Å². The van der Waals surface area contributed by atoms with Gasteiger partial charge >= 0.3 is 0 Å². The Balaban J connectivity index is 1.11. The number of carbonyl (C=O) groups excluding carboxylic acids is 4. The van der Waals surface area contributed by atoms with Crippen molar-refractivity contribution in [2.24, 2.45) is 0 Å². The van der Waals surface area contributed by atoms with Gasteiger partial charge in [-0.2, -0.15) is 0 Å². The average Bonchev–Trinajstić information content (AvgIpc) is 3.38. The summed E-state index contributed by atoms with van der Waals surface area (Å²) in [6.07, 6.45) is 13.1. The van der Waals surface area contributed by atoms with Gasteiger partial charge in [0.1, 0.15) is 11.6 Å². The first-order valence-corrected chi connectivity index (χ1v) is 17.1. The second-order valence-electron chi connectivity index (χ2n) is 11.8. The number of fused-ring (bicyclic) bond motifs is 1. The molecule has 0 bridgehead atoms. The van der Waals surface area contributed by atoms with Gasteiger partial charge in [-0.05, 0) is 55.4 Å². The van der Waals surface area contributed by atoms with Crippen LogP contribution in [0.5, 0.6) is 0 Å². The number of rotatable bonds is 26. The molecule has 0 saturated carbocycles. The van der Waals surface area contributed by atoms with Gasteiger partial charge in [-0.25, -0.2) is 4.98 Å². The number of hydrogen-bond donors (Lipinski definition) is 2. The standard InChI is InChI=1S/C36H52N4O7/c1-2-3-6-11-29-27-31-28(12-9-14-32(31)39-36(29)37)10-7-4-5-8-13-30(41)18-21-45-23-25-47-26-24-46-22-19-38-33(42)17-20-40-34(43)15-16-35(40)44/h9,12,14-16,27H,2-8,10-11,13,17-26H2,1H3,(H2,37,39)(H,38,42). The predicted octanol–water partition coefficient (Wildman–Crippen LogP) is 4.48. The minimum absolute atomic E-state index is 0.0520. The highest BCUT2D eigenvalue weighted by molar-refractivity contribution is 6.13. The lowest BCUT2D eigenvalue weighted by Gasteiger charge is -2.13. The number of hydrogen-bond acceptors (Lipinski definition) is 9. The molecule has 1 aromatic heterocycles. The first-order valence-electron chi connectivity index (χ1n) is 17.1. The van der Waals surface area contributed by atoms with E-state index in [9.17, 15) is 19.2 Å². The lowest BCUT2D eigenvalue weighted by Crippen LogP contribution is -2.35. The first-order chi connectivity index (χ1) is 22.9. The van der Waals surface area contributed by atoms with Gasteiger partial charge < -0.3 is 25.3 Å². The quantitative estimate of drug-likeness (QED) is 0.111. The van der Waals surface area contributed by atoms with Crippen molar-refractivity contribution in [3.8, 4) is 0 Å². The van der Waals surface area contributed by atoms with Crippen molar-refractivity contribution < 1.29 is 33.4 Å². The average molecular weight is 653 g/mol. The van der Waals surface area contributed by atoms with Crippen LogP contribution in [-0.4, -0.2) is 86.1 Å². The van der Waals surface area contributed by atoms with Crippen LogP contribution in [0.1, 0.15) is 82.3 Å². The predicted molar refractivity (Wildman–Crippen MR) is 182 cm³/mol. The fraction of sp³-hybridized carbons (Fsp3) is 0.583. The minimum atomic E-state index is -0.396. The number of Topliss-reactive ketones (excluding diaryl/α,β-unsaturated/α-hetero) is 1. The van der Waals surface area contributed by atoms with E-state index in [0.29, 0.717) is 64.8 Å². The van der Waals surface area contributed by atoms with E-state index in [0.717, 1.165) is 60.9 Å². The number of nitrogens with two attached hydrogens (primary N) is 1. The highest BCUT2D eigenvalue weighted by atomic mass is 16.5. The number of ether oxygens (including phenoxy) is 3. The van der Waals surface area contributed by atoms with E-state index in [1.165, 1.54) is 35.9 Å². The Hall–Kier alpha value is -3.67. The van der Waals surface area contributed by atoms with Crippen molar-refractivity contribution in [1.29, 1.82) is 0 Å². The van der Waals surface area contributed by atoms with Crippen LogP contribution >= 0.6 is 0 Å². The molecule has 1 aromatic carbocycles. The number of nitrogen functional groups attached to an aromatic ring is 1. The smallest absolute Gasteiger partial charge is 0.253 e. The fourth-order valence-electron chi connectivity index (χ4n) is 5.36. The third-order valence-corrected chi connectivity index (χ3v) is 8.06. The van der Waals surface area contributed by atoms with E-state index in [4.69, 9.17) is 19.9 Å². The molecule has 3 amide bonds. The SMILES string of the molecule is CCCCCc1cc2c(CCCCCCC(=O)CCOCCOCCOCCNC(=O)CCN3C(=O)C=CC3=O)cccc2nc1N. The molecule has 11 nitrogen and oxygen atoms in total. The van der Waals surface area contributed by atoms with E-state index in [1.807, 2.05) is 6.07 Å². The third-order valence-electron chi connectivity index (χ3n) is 8.06. The Morgan fingerprint density at radius 2 is 1.45 bits per heavy atom. The summed E-state index contributed by atoms with van der Waals surface area (Å²) in [5.74, 6) is -0.161. The zero-order valence-corrected chi connectivity index (χ0v) is 27.9. The number of imide groups is 1.